The van der Waals surface area contributed by atoms with E-state index in [9.17, 15) is 18.0 Å². The van der Waals surface area contributed by atoms with Gasteiger partial charge in [0.2, 0.25) is 10.3 Å². The molecule has 1 fully saturated rings. The van der Waals surface area contributed by atoms with Gasteiger partial charge in [0.05, 0.1) is 11.4 Å². The Morgan fingerprint density at radius 2 is 1.96 bits per heavy atom. The minimum atomic E-state index is -2.54. The zero-order valence-corrected chi connectivity index (χ0v) is 16.1. The summed E-state index contributed by atoms with van der Waals surface area (Å²) < 4.78 is 25.3. The zero-order valence-electron chi connectivity index (χ0n) is 15.3. The van der Waals surface area contributed by atoms with Crippen LogP contribution in [0.3, 0.4) is 0 Å². The molecule has 0 amide bonds. The molecule has 0 radical (unpaired) electrons. The van der Waals surface area contributed by atoms with Crippen LogP contribution >= 0.6 is 0 Å². The smallest absolute Gasteiger partial charge is 0.333 e. The molecule has 148 valence electrons. The molecule has 2 aromatic heterocycles. The topological polar surface area (TPSA) is 127 Å². The van der Waals surface area contributed by atoms with Gasteiger partial charge in [-0.3, -0.25) is 13.9 Å². The minimum Gasteiger partial charge on any atom is -0.396 e. The van der Waals surface area contributed by atoms with Crippen molar-refractivity contribution in [3.8, 4) is 0 Å². The highest BCUT2D eigenvalue weighted by atomic mass is 32.2. The number of rotatable bonds is 7. The lowest BCUT2D eigenvalue weighted by molar-refractivity contribution is 0.306. The molecule has 0 aliphatic heterocycles. The van der Waals surface area contributed by atoms with Crippen molar-refractivity contribution in [1.82, 2.24) is 19.1 Å². The Morgan fingerprint density at radius 3 is 2.56 bits per heavy atom. The SMILES string of the molecule is CCCn1c(=O)c2[nH]c(C3CCCC3)nc2n(CC(CCO)=S(=O)=O)c1=O. The van der Waals surface area contributed by atoms with Crippen molar-refractivity contribution in [3.05, 3.63) is 26.7 Å². The number of H-pyrrole nitrogens is 1. The van der Waals surface area contributed by atoms with Gasteiger partial charge in [-0.25, -0.2) is 9.78 Å². The number of imidazole rings is 1. The Hall–Kier alpha value is -2.20. The number of hydrogen-bond donors (Lipinski definition) is 2. The third-order valence-electron chi connectivity index (χ3n) is 5.03. The third kappa shape index (κ3) is 3.77. The van der Waals surface area contributed by atoms with E-state index in [0.717, 1.165) is 30.3 Å². The van der Waals surface area contributed by atoms with Crippen LogP contribution in [0, 0.1) is 0 Å². The molecule has 2 N–H and O–H groups in total. The summed E-state index contributed by atoms with van der Waals surface area (Å²) in [6.07, 6.45) is 4.65. The van der Waals surface area contributed by atoms with Crippen LogP contribution in [0.4, 0.5) is 0 Å². The van der Waals surface area contributed by atoms with E-state index in [1.807, 2.05) is 6.92 Å². The predicted octanol–water partition coefficient (Wildman–Crippen LogP) is 0.388. The molecule has 1 saturated carbocycles. The Labute approximate surface area is 157 Å². The first-order valence-electron chi connectivity index (χ1n) is 9.26. The second-order valence-electron chi connectivity index (χ2n) is 6.87. The number of hydrogen-bond acceptors (Lipinski definition) is 6. The van der Waals surface area contributed by atoms with E-state index >= 15 is 0 Å². The van der Waals surface area contributed by atoms with Gasteiger partial charge in [-0.15, -0.1) is 0 Å². The maximum atomic E-state index is 12.9. The van der Waals surface area contributed by atoms with Crippen LogP contribution in [0.2, 0.25) is 0 Å². The summed E-state index contributed by atoms with van der Waals surface area (Å²) in [5, 5.41) is 9.12. The molecule has 0 unspecified atom stereocenters. The monoisotopic (exact) mass is 396 g/mol. The second kappa shape index (κ2) is 8.22. The molecule has 2 heterocycles. The maximum absolute atomic E-state index is 12.9. The molecular formula is C17H24N4O5S. The van der Waals surface area contributed by atoms with Gasteiger partial charge < -0.3 is 10.1 Å². The number of nitrogens with zero attached hydrogens (tertiary/aromatic N) is 3. The Morgan fingerprint density at radius 1 is 1.26 bits per heavy atom. The highest BCUT2D eigenvalue weighted by molar-refractivity contribution is 7.73. The van der Waals surface area contributed by atoms with E-state index in [2.05, 4.69) is 9.97 Å². The van der Waals surface area contributed by atoms with E-state index in [4.69, 9.17) is 5.11 Å². The zero-order chi connectivity index (χ0) is 19.6. The first-order valence-corrected chi connectivity index (χ1v) is 10.3. The van der Waals surface area contributed by atoms with E-state index < -0.39 is 21.5 Å². The van der Waals surface area contributed by atoms with Crippen molar-refractivity contribution in [1.29, 1.82) is 0 Å². The van der Waals surface area contributed by atoms with Crippen molar-refractivity contribution in [2.24, 2.45) is 0 Å². The van der Waals surface area contributed by atoms with Gasteiger partial charge in [-0.05, 0) is 19.3 Å². The number of aliphatic hydroxyl groups excluding tert-OH is 1. The van der Waals surface area contributed by atoms with Crippen LogP contribution < -0.4 is 11.2 Å². The standard InChI is InChI=1S/C17H24N4O5S/c1-2-8-20-16(23)13-15(19-14(18-13)11-5-3-4-6-11)21(17(20)24)10-12(7-9-22)27(25)26/h11,22H,2-10H2,1H3,(H,18,19). The number of fused-ring (bicyclic) bond motifs is 1. The first kappa shape index (κ1) is 19.6. The Kier molecular flexibility index (Phi) is 5.95. The number of nitrogens with one attached hydrogen (secondary N) is 1. The molecule has 3 rings (SSSR count). The fourth-order valence-corrected chi connectivity index (χ4v) is 4.15. The van der Waals surface area contributed by atoms with Gasteiger partial charge in [0, 0.05) is 25.5 Å². The summed E-state index contributed by atoms with van der Waals surface area (Å²) in [7, 11) is -2.54. The maximum Gasteiger partial charge on any atom is 0.333 e. The second-order valence-corrected chi connectivity index (χ2v) is 7.92. The summed E-state index contributed by atoms with van der Waals surface area (Å²) in [6, 6.07) is 0. The van der Waals surface area contributed by atoms with Crippen molar-refractivity contribution >= 4 is 26.3 Å². The molecule has 2 aromatic rings. The molecule has 27 heavy (non-hydrogen) atoms. The molecule has 0 bridgehead atoms. The van der Waals surface area contributed by atoms with Crippen LogP contribution in [-0.4, -0.2) is 44.1 Å². The Balaban J connectivity index is 2.24. The molecule has 9 nitrogen and oxygen atoms in total. The van der Waals surface area contributed by atoms with E-state index in [1.165, 1.54) is 4.57 Å². The van der Waals surface area contributed by atoms with Crippen LogP contribution in [0.15, 0.2) is 9.59 Å². The van der Waals surface area contributed by atoms with Gasteiger partial charge in [-0.2, -0.15) is 8.42 Å². The van der Waals surface area contributed by atoms with Crippen LogP contribution in [-0.2, 0) is 23.4 Å². The van der Waals surface area contributed by atoms with E-state index in [-0.39, 0.29) is 48.1 Å². The van der Waals surface area contributed by atoms with Crippen molar-refractivity contribution < 1.29 is 13.5 Å². The van der Waals surface area contributed by atoms with Gasteiger partial charge in [0.25, 0.3) is 5.56 Å². The highest BCUT2D eigenvalue weighted by Gasteiger charge is 2.24. The van der Waals surface area contributed by atoms with E-state index in [0.29, 0.717) is 12.2 Å². The molecule has 10 heteroatoms. The first-order chi connectivity index (χ1) is 13.0. The van der Waals surface area contributed by atoms with Crippen molar-refractivity contribution in [3.63, 3.8) is 0 Å². The summed E-state index contributed by atoms with van der Waals surface area (Å²) in [6.45, 7) is 1.52. The van der Waals surface area contributed by atoms with Crippen molar-refractivity contribution in [2.75, 3.05) is 6.61 Å². The number of aromatic nitrogens is 4. The van der Waals surface area contributed by atoms with Gasteiger partial charge >= 0.3 is 5.69 Å². The lowest BCUT2D eigenvalue weighted by Gasteiger charge is -2.10. The van der Waals surface area contributed by atoms with Crippen molar-refractivity contribution in [2.45, 2.75) is 64.5 Å². The quantitative estimate of drug-likeness (QED) is 0.652. The number of aromatic amines is 1. The minimum absolute atomic E-state index is 0.00647. The van der Waals surface area contributed by atoms with Gasteiger partial charge in [0.1, 0.15) is 11.3 Å². The van der Waals surface area contributed by atoms with E-state index in [1.54, 1.807) is 0 Å². The van der Waals surface area contributed by atoms with Crippen LogP contribution in [0.1, 0.15) is 57.2 Å². The van der Waals surface area contributed by atoms with Gasteiger partial charge in [0.15, 0.2) is 5.65 Å². The molecule has 0 spiro atoms. The highest BCUT2D eigenvalue weighted by Crippen LogP contribution is 2.32. The molecule has 0 atom stereocenters. The average Bonchev–Trinajstić information content (AvgIpc) is 3.30. The van der Waals surface area contributed by atoms with Crippen LogP contribution in [0.5, 0.6) is 0 Å². The summed E-state index contributed by atoms with van der Waals surface area (Å²) in [5.74, 6) is 0.892. The van der Waals surface area contributed by atoms with Gasteiger partial charge in [-0.1, -0.05) is 19.8 Å². The average molecular weight is 396 g/mol. The molecule has 0 saturated heterocycles. The molecule has 1 aliphatic rings. The normalized spacial score (nSPS) is 14.9. The third-order valence-corrected chi connectivity index (χ3v) is 5.83. The largest absolute Gasteiger partial charge is 0.396 e. The summed E-state index contributed by atoms with van der Waals surface area (Å²) in [5.41, 5.74) is -0.610. The molecule has 1 aliphatic carbocycles. The number of aliphatic hydroxyl groups is 1. The predicted molar refractivity (Wildman–Crippen MR) is 102 cm³/mol. The van der Waals surface area contributed by atoms with Crippen LogP contribution in [0.25, 0.3) is 11.2 Å². The lowest BCUT2D eigenvalue weighted by atomic mass is 10.1. The molecular weight excluding hydrogens is 372 g/mol. The lowest BCUT2D eigenvalue weighted by Crippen LogP contribution is -2.41. The summed E-state index contributed by atoms with van der Waals surface area (Å²) in [4.78, 5) is 33.2. The fourth-order valence-electron chi connectivity index (χ4n) is 3.66. The summed E-state index contributed by atoms with van der Waals surface area (Å²) >= 11 is 0. The Bertz CT molecular complexity index is 1080. The molecule has 0 aromatic carbocycles. The fraction of sp³-hybridized carbons (Fsp3) is 0.647.